The molecule has 1 saturated heterocycles. The molecular weight excluding hydrogens is 218 g/mol. The summed E-state index contributed by atoms with van der Waals surface area (Å²) in [5.41, 5.74) is 0. The second-order valence-corrected chi connectivity index (χ2v) is 4.53. The first-order chi connectivity index (χ1) is 8.16. The lowest BCUT2D eigenvalue weighted by Gasteiger charge is -2.26. The highest BCUT2D eigenvalue weighted by atomic mass is 16.2. The van der Waals surface area contributed by atoms with Gasteiger partial charge in [0.25, 0.3) is 0 Å². The monoisotopic (exact) mass is 237 g/mol. The number of aromatic amines is 1. The van der Waals surface area contributed by atoms with Crippen molar-refractivity contribution in [1.82, 2.24) is 25.4 Å². The van der Waals surface area contributed by atoms with Crippen LogP contribution in [0.5, 0.6) is 0 Å². The van der Waals surface area contributed by atoms with Gasteiger partial charge in [-0.1, -0.05) is 6.42 Å². The molecule has 2 N–H and O–H groups in total. The van der Waals surface area contributed by atoms with E-state index in [1.807, 2.05) is 6.92 Å². The Kier molecular flexibility index (Phi) is 3.73. The Morgan fingerprint density at radius 2 is 2.35 bits per heavy atom. The summed E-state index contributed by atoms with van der Waals surface area (Å²) in [6, 6.07) is -0.0335. The third-order valence-electron chi connectivity index (χ3n) is 3.01. The zero-order chi connectivity index (χ0) is 12.3. The van der Waals surface area contributed by atoms with Crippen LogP contribution in [0.1, 0.15) is 30.9 Å². The SMILES string of the molecule is Cc1nc(CN(C)C(=O)[C@H]2CCCCN2)n[nH]1. The molecule has 1 aromatic rings. The van der Waals surface area contributed by atoms with E-state index in [-0.39, 0.29) is 11.9 Å². The summed E-state index contributed by atoms with van der Waals surface area (Å²) in [5, 5.41) is 10.1. The maximum absolute atomic E-state index is 12.1. The van der Waals surface area contributed by atoms with Gasteiger partial charge in [0.05, 0.1) is 12.6 Å². The lowest BCUT2D eigenvalue weighted by atomic mass is 10.0. The maximum atomic E-state index is 12.1. The van der Waals surface area contributed by atoms with Gasteiger partial charge in [-0.25, -0.2) is 4.98 Å². The molecule has 0 saturated carbocycles. The zero-order valence-corrected chi connectivity index (χ0v) is 10.4. The molecule has 0 radical (unpaired) electrons. The summed E-state index contributed by atoms with van der Waals surface area (Å²) in [7, 11) is 1.80. The molecular formula is C11H19N5O. The van der Waals surface area contributed by atoms with Crippen LogP contribution in [0.25, 0.3) is 0 Å². The van der Waals surface area contributed by atoms with E-state index in [9.17, 15) is 4.79 Å². The van der Waals surface area contributed by atoms with Crippen molar-refractivity contribution in [3.05, 3.63) is 11.6 Å². The fraction of sp³-hybridized carbons (Fsp3) is 0.727. The van der Waals surface area contributed by atoms with E-state index in [0.29, 0.717) is 12.4 Å². The number of carbonyl (C=O) groups excluding carboxylic acids is 1. The Morgan fingerprint density at radius 1 is 1.53 bits per heavy atom. The van der Waals surface area contributed by atoms with Gasteiger partial charge in [-0.15, -0.1) is 0 Å². The first-order valence-electron chi connectivity index (χ1n) is 6.03. The number of carbonyl (C=O) groups is 1. The zero-order valence-electron chi connectivity index (χ0n) is 10.4. The molecule has 1 aliphatic heterocycles. The van der Waals surface area contributed by atoms with Crippen LogP contribution < -0.4 is 5.32 Å². The van der Waals surface area contributed by atoms with Gasteiger partial charge >= 0.3 is 0 Å². The van der Waals surface area contributed by atoms with Crippen molar-refractivity contribution in [3.63, 3.8) is 0 Å². The number of hydrogen-bond acceptors (Lipinski definition) is 4. The summed E-state index contributed by atoms with van der Waals surface area (Å²) < 4.78 is 0. The van der Waals surface area contributed by atoms with Crippen LogP contribution in [0.4, 0.5) is 0 Å². The Labute approximate surface area is 101 Å². The molecule has 2 heterocycles. The molecule has 0 aromatic carbocycles. The van der Waals surface area contributed by atoms with E-state index in [2.05, 4.69) is 20.5 Å². The van der Waals surface area contributed by atoms with E-state index in [1.54, 1.807) is 11.9 Å². The van der Waals surface area contributed by atoms with Crippen LogP contribution in [-0.2, 0) is 11.3 Å². The third-order valence-corrected chi connectivity index (χ3v) is 3.01. The molecule has 0 unspecified atom stereocenters. The van der Waals surface area contributed by atoms with E-state index in [0.717, 1.165) is 31.6 Å². The largest absolute Gasteiger partial charge is 0.337 e. The van der Waals surface area contributed by atoms with E-state index in [1.165, 1.54) is 0 Å². The number of aryl methyl sites for hydroxylation is 1. The summed E-state index contributed by atoms with van der Waals surface area (Å²) in [6.07, 6.45) is 3.21. The molecule has 6 heteroatoms. The normalized spacial score (nSPS) is 20.2. The van der Waals surface area contributed by atoms with Crippen LogP contribution in [0, 0.1) is 6.92 Å². The maximum Gasteiger partial charge on any atom is 0.239 e. The number of H-pyrrole nitrogens is 1. The fourth-order valence-corrected chi connectivity index (χ4v) is 2.08. The number of amides is 1. The number of nitrogens with one attached hydrogen (secondary N) is 2. The van der Waals surface area contributed by atoms with Crippen LogP contribution in [0.2, 0.25) is 0 Å². The van der Waals surface area contributed by atoms with Crippen molar-refractivity contribution in [2.24, 2.45) is 0 Å². The quantitative estimate of drug-likeness (QED) is 0.788. The molecule has 1 aliphatic rings. The molecule has 6 nitrogen and oxygen atoms in total. The molecule has 2 rings (SSSR count). The van der Waals surface area contributed by atoms with Crippen molar-refractivity contribution in [2.75, 3.05) is 13.6 Å². The van der Waals surface area contributed by atoms with Crippen molar-refractivity contribution in [3.8, 4) is 0 Å². The Morgan fingerprint density at radius 3 is 2.94 bits per heavy atom. The van der Waals surface area contributed by atoms with Crippen molar-refractivity contribution < 1.29 is 4.79 Å². The number of nitrogens with zero attached hydrogens (tertiary/aromatic N) is 3. The van der Waals surface area contributed by atoms with E-state index in [4.69, 9.17) is 0 Å². The number of likely N-dealkylation sites (N-methyl/N-ethyl adjacent to an activating group) is 1. The minimum atomic E-state index is -0.0335. The van der Waals surface area contributed by atoms with E-state index >= 15 is 0 Å². The number of aromatic nitrogens is 3. The van der Waals surface area contributed by atoms with Gasteiger partial charge in [0.15, 0.2) is 5.82 Å². The molecule has 1 fully saturated rings. The predicted molar refractivity (Wildman–Crippen MR) is 63.2 cm³/mol. The van der Waals surface area contributed by atoms with Crippen LogP contribution in [0.3, 0.4) is 0 Å². The first kappa shape index (κ1) is 12.0. The van der Waals surface area contributed by atoms with Gasteiger partial charge in [-0.05, 0) is 26.3 Å². The minimum Gasteiger partial charge on any atom is -0.337 e. The summed E-state index contributed by atoms with van der Waals surface area (Å²) in [6.45, 7) is 3.24. The fourth-order valence-electron chi connectivity index (χ4n) is 2.08. The molecule has 1 atom stereocenters. The molecule has 0 spiro atoms. The lowest BCUT2D eigenvalue weighted by Crippen LogP contribution is -2.47. The molecule has 17 heavy (non-hydrogen) atoms. The van der Waals surface area contributed by atoms with Crippen molar-refractivity contribution in [1.29, 1.82) is 0 Å². The van der Waals surface area contributed by atoms with Gasteiger partial charge < -0.3 is 10.2 Å². The second-order valence-electron chi connectivity index (χ2n) is 4.53. The smallest absolute Gasteiger partial charge is 0.239 e. The van der Waals surface area contributed by atoms with E-state index < -0.39 is 0 Å². The first-order valence-corrected chi connectivity index (χ1v) is 6.03. The Hall–Kier alpha value is -1.43. The average Bonchev–Trinajstić information content (AvgIpc) is 2.75. The molecule has 0 aliphatic carbocycles. The Balaban J connectivity index is 1.90. The molecule has 94 valence electrons. The summed E-state index contributed by atoms with van der Waals surface area (Å²) >= 11 is 0. The molecule has 1 amide bonds. The van der Waals surface area contributed by atoms with Crippen LogP contribution in [0.15, 0.2) is 0 Å². The van der Waals surface area contributed by atoms with Gasteiger partial charge in [0.1, 0.15) is 5.82 Å². The highest BCUT2D eigenvalue weighted by molar-refractivity contribution is 5.81. The standard InChI is InChI=1S/C11H19N5O/c1-8-13-10(15-14-8)7-16(2)11(17)9-5-3-4-6-12-9/h9,12H,3-7H2,1-2H3,(H,13,14,15)/t9-/m1/s1. The third kappa shape index (κ3) is 3.03. The highest BCUT2D eigenvalue weighted by Gasteiger charge is 2.24. The topological polar surface area (TPSA) is 73.9 Å². The van der Waals surface area contributed by atoms with Gasteiger partial charge in [0, 0.05) is 7.05 Å². The lowest BCUT2D eigenvalue weighted by molar-refractivity contribution is -0.133. The molecule has 1 aromatic heterocycles. The van der Waals surface area contributed by atoms with Crippen molar-refractivity contribution >= 4 is 5.91 Å². The summed E-state index contributed by atoms with van der Waals surface area (Å²) in [5.74, 6) is 1.57. The minimum absolute atomic E-state index is 0.0335. The van der Waals surface area contributed by atoms with Crippen LogP contribution >= 0.6 is 0 Å². The molecule has 0 bridgehead atoms. The van der Waals surface area contributed by atoms with Crippen molar-refractivity contribution in [2.45, 2.75) is 38.8 Å². The summed E-state index contributed by atoms with van der Waals surface area (Å²) in [4.78, 5) is 18.0. The highest BCUT2D eigenvalue weighted by Crippen LogP contribution is 2.10. The number of hydrogen-bond donors (Lipinski definition) is 2. The van der Waals surface area contributed by atoms with Gasteiger partial charge in [-0.2, -0.15) is 5.10 Å². The van der Waals surface area contributed by atoms with Crippen LogP contribution in [-0.4, -0.2) is 45.6 Å². The number of piperidine rings is 1. The van der Waals surface area contributed by atoms with Gasteiger partial charge in [0.2, 0.25) is 5.91 Å². The van der Waals surface area contributed by atoms with Gasteiger partial charge in [-0.3, -0.25) is 9.89 Å². The average molecular weight is 237 g/mol. The number of rotatable bonds is 3. The predicted octanol–water partition coefficient (Wildman–Crippen LogP) is 0.214. The Bertz CT molecular complexity index is 383. The second kappa shape index (κ2) is 5.27.